The average molecular weight is 402 g/mol. The zero-order chi connectivity index (χ0) is 20.9. The number of unbranched alkanes of at least 4 members (excludes halogenated alkanes) is 1. The van der Waals surface area contributed by atoms with Gasteiger partial charge in [0, 0.05) is 6.92 Å². The summed E-state index contributed by atoms with van der Waals surface area (Å²) < 4.78 is 5.16. The third-order valence-corrected chi connectivity index (χ3v) is 9.07. The van der Waals surface area contributed by atoms with E-state index in [1.807, 2.05) is 6.08 Å². The minimum atomic E-state index is -0.273. The normalized spacial score (nSPS) is 38.6. The van der Waals surface area contributed by atoms with E-state index in [1.54, 1.807) is 0 Å². The van der Waals surface area contributed by atoms with Gasteiger partial charge in [0.1, 0.15) is 6.61 Å². The van der Waals surface area contributed by atoms with E-state index in [1.165, 1.54) is 58.3 Å². The lowest BCUT2D eigenvalue weighted by Gasteiger charge is -2.60. The summed E-state index contributed by atoms with van der Waals surface area (Å²) in [4.78, 5) is 23.4. The van der Waals surface area contributed by atoms with Gasteiger partial charge < -0.3 is 10.1 Å². The Balaban J connectivity index is 1.43. The van der Waals surface area contributed by atoms with E-state index in [0.717, 1.165) is 24.7 Å². The van der Waals surface area contributed by atoms with E-state index in [-0.39, 0.29) is 24.5 Å². The van der Waals surface area contributed by atoms with E-state index in [9.17, 15) is 9.59 Å². The molecule has 3 saturated carbocycles. The molecule has 1 aliphatic heterocycles. The second-order valence-electron chi connectivity index (χ2n) is 11.3. The van der Waals surface area contributed by atoms with E-state index >= 15 is 0 Å². The molecular formula is C25H39NO3. The van der Waals surface area contributed by atoms with Crippen LogP contribution in [0.25, 0.3) is 0 Å². The van der Waals surface area contributed by atoms with Crippen LogP contribution in [0.2, 0.25) is 0 Å². The number of allylic oxidation sites excluding steroid dienone is 1. The number of esters is 1. The van der Waals surface area contributed by atoms with Crippen molar-refractivity contribution in [3.8, 4) is 0 Å². The lowest BCUT2D eigenvalue weighted by molar-refractivity contribution is -0.135. The molecule has 4 atom stereocenters. The summed E-state index contributed by atoms with van der Waals surface area (Å²) in [5.74, 6) is 1.30. The number of cyclic esters (lactones) is 1. The number of ether oxygens (including phenoxy) is 1. The molecule has 4 nitrogen and oxygen atoms in total. The molecule has 1 saturated heterocycles. The third-order valence-electron chi connectivity index (χ3n) is 9.07. The number of hydrogen-bond donors (Lipinski definition) is 1. The van der Waals surface area contributed by atoms with Gasteiger partial charge in [-0.15, -0.1) is 0 Å². The van der Waals surface area contributed by atoms with Crippen LogP contribution in [0.4, 0.5) is 0 Å². The molecular weight excluding hydrogens is 362 g/mol. The predicted molar refractivity (Wildman–Crippen MR) is 114 cm³/mol. The molecule has 1 amide bonds. The summed E-state index contributed by atoms with van der Waals surface area (Å²) in [6.45, 7) is 9.39. The molecule has 0 aromatic rings. The number of carbonyl (C=O) groups excluding carboxylic acids is 2. The van der Waals surface area contributed by atoms with Gasteiger partial charge in [-0.1, -0.05) is 33.3 Å². The van der Waals surface area contributed by atoms with E-state index in [4.69, 9.17) is 4.74 Å². The van der Waals surface area contributed by atoms with Crippen molar-refractivity contribution in [3.63, 3.8) is 0 Å². The number of rotatable bonds is 5. The molecule has 4 fully saturated rings. The van der Waals surface area contributed by atoms with Crippen LogP contribution in [0, 0.1) is 28.1 Å². The summed E-state index contributed by atoms with van der Waals surface area (Å²) in [7, 11) is 0. The van der Waals surface area contributed by atoms with Crippen molar-refractivity contribution in [3.05, 3.63) is 11.6 Å². The molecule has 0 bridgehead atoms. The van der Waals surface area contributed by atoms with Gasteiger partial charge in [-0.05, 0) is 85.9 Å². The van der Waals surface area contributed by atoms with Gasteiger partial charge in [0.15, 0.2) is 0 Å². The van der Waals surface area contributed by atoms with Crippen molar-refractivity contribution in [1.29, 1.82) is 0 Å². The van der Waals surface area contributed by atoms with Crippen LogP contribution >= 0.6 is 0 Å². The van der Waals surface area contributed by atoms with Crippen LogP contribution in [0.15, 0.2) is 11.6 Å². The second-order valence-corrected chi connectivity index (χ2v) is 11.3. The van der Waals surface area contributed by atoms with Crippen LogP contribution in [-0.2, 0) is 14.3 Å². The van der Waals surface area contributed by atoms with E-state index in [0.29, 0.717) is 21.8 Å². The maximum Gasteiger partial charge on any atom is 0.336 e. The molecule has 0 aromatic carbocycles. The standard InChI is InChI=1S/C25H39NO3/c1-17(27)26-19-16-29-22(28)18(19)8-5-6-9-21-24(4)12-7-11-23(2,3)20(24)10-13-25(21)14-15-25/h8,19-21H,5-7,9-16H2,1-4H3,(H,26,27)/b18-8+/t19-,20+,21-,24+/m1/s1. The minimum Gasteiger partial charge on any atom is -0.460 e. The quantitative estimate of drug-likeness (QED) is 0.393. The number of nitrogens with one attached hydrogen (secondary N) is 1. The fourth-order valence-electron chi connectivity index (χ4n) is 7.65. The van der Waals surface area contributed by atoms with Crippen molar-refractivity contribution in [2.24, 2.45) is 28.1 Å². The molecule has 0 unspecified atom stereocenters. The highest BCUT2D eigenvalue weighted by molar-refractivity contribution is 5.93. The van der Waals surface area contributed by atoms with Crippen LogP contribution in [0.1, 0.15) is 91.9 Å². The Kier molecular flexibility index (Phi) is 5.36. The molecule has 162 valence electrons. The van der Waals surface area contributed by atoms with E-state index < -0.39 is 0 Å². The summed E-state index contributed by atoms with van der Waals surface area (Å²) >= 11 is 0. The van der Waals surface area contributed by atoms with Gasteiger partial charge in [0.2, 0.25) is 5.91 Å². The monoisotopic (exact) mass is 401 g/mol. The Bertz CT molecular complexity index is 705. The topological polar surface area (TPSA) is 55.4 Å². The molecule has 3 aliphatic carbocycles. The third kappa shape index (κ3) is 3.77. The number of fused-ring (bicyclic) bond motifs is 1. The van der Waals surface area contributed by atoms with Crippen molar-refractivity contribution in [2.45, 2.75) is 97.9 Å². The highest BCUT2D eigenvalue weighted by atomic mass is 16.5. The fraction of sp³-hybridized carbons (Fsp3) is 0.840. The molecule has 4 rings (SSSR count). The van der Waals surface area contributed by atoms with Crippen molar-refractivity contribution >= 4 is 11.9 Å². The second kappa shape index (κ2) is 7.42. The maximum absolute atomic E-state index is 12.0. The largest absolute Gasteiger partial charge is 0.460 e. The Morgan fingerprint density at radius 3 is 2.62 bits per heavy atom. The first kappa shape index (κ1) is 20.9. The summed E-state index contributed by atoms with van der Waals surface area (Å²) in [6.07, 6.45) is 15.2. The first-order valence-corrected chi connectivity index (χ1v) is 11.8. The van der Waals surface area contributed by atoms with Gasteiger partial charge in [0.05, 0.1) is 11.6 Å². The predicted octanol–water partition coefficient (Wildman–Crippen LogP) is 5.17. The zero-order valence-electron chi connectivity index (χ0n) is 18.8. The fourth-order valence-corrected chi connectivity index (χ4v) is 7.65. The molecule has 0 radical (unpaired) electrons. The van der Waals surface area contributed by atoms with Gasteiger partial charge in [-0.2, -0.15) is 0 Å². The van der Waals surface area contributed by atoms with Gasteiger partial charge in [-0.25, -0.2) is 4.79 Å². The first-order chi connectivity index (χ1) is 13.7. The summed E-state index contributed by atoms with van der Waals surface area (Å²) in [5.41, 5.74) is 2.22. The molecule has 29 heavy (non-hydrogen) atoms. The molecule has 1 N–H and O–H groups in total. The van der Waals surface area contributed by atoms with Crippen LogP contribution in [0.5, 0.6) is 0 Å². The molecule has 4 aliphatic rings. The van der Waals surface area contributed by atoms with Crippen LogP contribution in [-0.4, -0.2) is 24.5 Å². The summed E-state index contributed by atoms with van der Waals surface area (Å²) in [6, 6.07) is -0.273. The van der Waals surface area contributed by atoms with Crippen molar-refractivity contribution in [2.75, 3.05) is 6.61 Å². The molecule has 0 aromatic heterocycles. The highest BCUT2D eigenvalue weighted by Gasteiger charge is 2.62. The zero-order valence-corrected chi connectivity index (χ0v) is 18.8. The average Bonchev–Trinajstić information content (AvgIpc) is 3.31. The Hall–Kier alpha value is -1.32. The molecule has 4 heteroatoms. The van der Waals surface area contributed by atoms with Crippen molar-refractivity contribution in [1.82, 2.24) is 5.32 Å². The number of hydrogen-bond acceptors (Lipinski definition) is 3. The van der Waals surface area contributed by atoms with Crippen molar-refractivity contribution < 1.29 is 14.3 Å². The highest BCUT2D eigenvalue weighted by Crippen LogP contribution is 2.72. The number of carbonyl (C=O) groups is 2. The minimum absolute atomic E-state index is 0.115. The lowest BCUT2D eigenvalue weighted by Crippen LogP contribution is -2.52. The smallest absolute Gasteiger partial charge is 0.336 e. The first-order valence-electron chi connectivity index (χ1n) is 11.8. The Morgan fingerprint density at radius 2 is 1.93 bits per heavy atom. The van der Waals surface area contributed by atoms with Gasteiger partial charge >= 0.3 is 5.97 Å². The lowest BCUT2D eigenvalue weighted by atomic mass is 9.45. The Morgan fingerprint density at radius 1 is 1.17 bits per heavy atom. The molecule has 1 heterocycles. The summed E-state index contributed by atoms with van der Waals surface area (Å²) in [5, 5.41) is 2.83. The SMILES string of the molecule is CC(=O)N[C@@H]1COC(=O)/C1=C/CCC[C@H]1C2(CC[C@H]3C(C)(C)CCC[C@@]31C)CC2. The maximum atomic E-state index is 12.0. The number of amides is 1. The molecule has 1 spiro atoms. The van der Waals surface area contributed by atoms with Gasteiger partial charge in [-0.3, -0.25) is 4.79 Å². The van der Waals surface area contributed by atoms with Crippen LogP contribution in [0.3, 0.4) is 0 Å². The van der Waals surface area contributed by atoms with Crippen LogP contribution < -0.4 is 5.32 Å². The van der Waals surface area contributed by atoms with Gasteiger partial charge in [0.25, 0.3) is 0 Å². The van der Waals surface area contributed by atoms with E-state index in [2.05, 4.69) is 26.1 Å². The Labute approximate surface area is 176 Å².